The molecule has 4 nitrogen and oxygen atoms in total. The Balaban J connectivity index is 1.65. The maximum absolute atomic E-state index is 12.0. The quantitative estimate of drug-likeness (QED) is 0.595. The van der Waals surface area contributed by atoms with E-state index >= 15 is 0 Å². The van der Waals surface area contributed by atoms with Gasteiger partial charge in [-0.3, -0.25) is 0 Å². The van der Waals surface area contributed by atoms with E-state index in [0.717, 1.165) is 11.0 Å². The summed E-state index contributed by atoms with van der Waals surface area (Å²) in [4.78, 5) is 0. The molecular weight excluding hydrogens is 336 g/mol. The average molecular weight is 352 g/mol. The van der Waals surface area contributed by atoms with Crippen LogP contribution in [0.5, 0.6) is 17.2 Å². The van der Waals surface area contributed by atoms with Crippen molar-refractivity contribution < 1.29 is 17.3 Å². The van der Waals surface area contributed by atoms with Crippen molar-refractivity contribution in [1.29, 1.82) is 0 Å². The van der Waals surface area contributed by atoms with Crippen molar-refractivity contribution in [2.45, 2.75) is 0 Å². The molecule has 0 aromatic heterocycles. The van der Waals surface area contributed by atoms with E-state index in [1.54, 1.807) is 24.3 Å². The molecule has 0 aliphatic heterocycles. The van der Waals surface area contributed by atoms with Crippen LogP contribution in [0.2, 0.25) is 0 Å². The Labute approximate surface area is 147 Å². The van der Waals surface area contributed by atoms with Gasteiger partial charge < -0.3 is 8.92 Å². The van der Waals surface area contributed by atoms with Gasteiger partial charge in [-0.1, -0.05) is 48.5 Å². The van der Waals surface area contributed by atoms with Crippen molar-refractivity contribution in [1.82, 2.24) is 0 Å². The second kappa shape index (κ2) is 7.68. The van der Waals surface area contributed by atoms with Crippen LogP contribution in [0.15, 0.2) is 90.3 Å². The molecule has 0 atom stereocenters. The number of hydrogen-bond acceptors (Lipinski definition) is 4. The first-order chi connectivity index (χ1) is 12.1. The minimum Gasteiger partial charge on any atom is -0.457 e. The molecule has 3 aromatic carbocycles. The van der Waals surface area contributed by atoms with Crippen LogP contribution >= 0.6 is 0 Å². The Morgan fingerprint density at radius 1 is 0.640 bits per heavy atom. The third kappa shape index (κ3) is 5.22. The third-order valence-electron chi connectivity index (χ3n) is 3.24. The highest BCUT2D eigenvalue weighted by molar-refractivity contribution is 7.90. The van der Waals surface area contributed by atoms with E-state index in [9.17, 15) is 8.42 Å². The summed E-state index contributed by atoms with van der Waals surface area (Å²) in [7, 11) is -3.83. The predicted octanol–water partition coefficient (Wildman–Crippen LogP) is 4.86. The summed E-state index contributed by atoms with van der Waals surface area (Å²) in [5, 5.41) is 1.04. The first-order valence-corrected chi connectivity index (χ1v) is 9.08. The Morgan fingerprint density at radius 2 is 1.16 bits per heavy atom. The summed E-state index contributed by atoms with van der Waals surface area (Å²) in [5.41, 5.74) is 0.779. The molecule has 0 saturated carbocycles. The minimum absolute atomic E-state index is 0.220. The molecule has 0 spiro atoms. The third-order valence-corrected chi connectivity index (χ3v) is 4.14. The molecule has 0 fully saturated rings. The van der Waals surface area contributed by atoms with Crippen molar-refractivity contribution in [3.05, 3.63) is 95.9 Å². The van der Waals surface area contributed by atoms with Crippen molar-refractivity contribution in [3.63, 3.8) is 0 Å². The van der Waals surface area contributed by atoms with Crippen LogP contribution < -0.4 is 8.92 Å². The standard InChI is InChI=1S/C20H16O4S/c21-25(22,16-15-17-7-3-1-4-8-17)24-20-13-11-19(12-14-20)23-18-9-5-2-6-10-18/h1-16H. The lowest BCUT2D eigenvalue weighted by atomic mass is 10.2. The monoisotopic (exact) mass is 352 g/mol. The van der Waals surface area contributed by atoms with Gasteiger partial charge in [0.25, 0.3) is 0 Å². The summed E-state index contributed by atoms with van der Waals surface area (Å²) in [6, 6.07) is 24.9. The molecule has 0 aliphatic rings. The van der Waals surface area contributed by atoms with Crippen LogP contribution in [0.25, 0.3) is 6.08 Å². The average Bonchev–Trinajstić information content (AvgIpc) is 2.63. The lowest BCUT2D eigenvalue weighted by Crippen LogP contribution is -2.04. The Hall–Kier alpha value is -3.05. The molecule has 0 unspecified atom stereocenters. The summed E-state index contributed by atoms with van der Waals surface area (Å²) in [6.07, 6.45) is 1.49. The van der Waals surface area contributed by atoms with Crippen molar-refractivity contribution in [3.8, 4) is 17.2 Å². The lowest BCUT2D eigenvalue weighted by molar-refractivity contribution is 0.477. The summed E-state index contributed by atoms with van der Waals surface area (Å²) >= 11 is 0. The van der Waals surface area contributed by atoms with Crippen LogP contribution in [0.1, 0.15) is 5.56 Å². The van der Waals surface area contributed by atoms with E-state index in [-0.39, 0.29) is 5.75 Å². The first kappa shape index (κ1) is 16.8. The van der Waals surface area contributed by atoms with Crippen molar-refractivity contribution >= 4 is 16.2 Å². The molecule has 0 saturated heterocycles. The van der Waals surface area contributed by atoms with E-state index < -0.39 is 10.1 Å². The molecule has 0 N–H and O–H groups in total. The molecule has 0 aliphatic carbocycles. The van der Waals surface area contributed by atoms with Crippen LogP contribution in [-0.4, -0.2) is 8.42 Å². The number of rotatable bonds is 6. The largest absolute Gasteiger partial charge is 0.457 e. The number of hydrogen-bond donors (Lipinski definition) is 0. The Bertz CT molecular complexity index is 932. The Morgan fingerprint density at radius 3 is 1.80 bits per heavy atom. The molecule has 3 rings (SSSR count). The first-order valence-electron chi connectivity index (χ1n) is 7.61. The van der Waals surface area contributed by atoms with Crippen molar-refractivity contribution in [2.24, 2.45) is 0 Å². The van der Waals surface area contributed by atoms with Gasteiger partial charge in [-0.25, -0.2) is 0 Å². The summed E-state index contributed by atoms with van der Waals surface area (Å²) in [5.74, 6) is 1.52. The fraction of sp³-hybridized carbons (Fsp3) is 0. The van der Waals surface area contributed by atoms with E-state index in [4.69, 9.17) is 8.92 Å². The van der Waals surface area contributed by atoms with Gasteiger partial charge in [-0.2, -0.15) is 8.42 Å². The van der Waals surface area contributed by atoms with Gasteiger partial charge >= 0.3 is 10.1 Å². The molecule has 0 bridgehead atoms. The second-order valence-electron chi connectivity index (χ2n) is 5.18. The maximum Gasteiger partial charge on any atom is 0.332 e. The van der Waals surface area contributed by atoms with E-state index in [1.807, 2.05) is 60.7 Å². The van der Waals surface area contributed by atoms with Gasteiger partial charge in [-0.05, 0) is 48.0 Å². The van der Waals surface area contributed by atoms with Gasteiger partial charge in [0.05, 0.1) is 5.41 Å². The highest BCUT2D eigenvalue weighted by Crippen LogP contribution is 2.24. The van der Waals surface area contributed by atoms with Crippen LogP contribution in [0.4, 0.5) is 0 Å². The molecule has 3 aromatic rings. The number of ether oxygens (including phenoxy) is 1. The van der Waals surface area contributed by atoms with Gasteiger partial charge in [0.15, 0.2) is 0 Å². The van der Waals surface area contributed by atoms with Gasteiger partial charge in [0, 0.05) is 0 Å². The molecule has 0 heterocycles. The molecule has 0 amide bonds. The fourth-order valence-electron chi connectivity index (χ4n) is 2.08. The van der Waals surface area contributed by atoms with E-state index in [1.165, 1.54) is 6.08 Å². The summed E-state index contributed by atoms with van der Waals surface area (Å²) in [6.45, 7) is 0. The van der Waals surface area contributed by atoms with Crippen LogP contribution in [0, 0.1) is 0 Å². The fourth-order valence-corrected chi connectivity index (χ4v) is 2.83. The topological polar surface area (TPSA) is 52.6 Å². The highest BCUT2D eigenvalue weighted by Gasteiger charge is 2.08. The van der Waals surface area contributed by atoms with Gasteiger partial charge in [0.1, 0.15) is 17.2 Å². The van der Waals surface area contributed by atoms with E-state index in [0.29, 0.717) is 11.5 Å². The zero-order valence-electron chi connectivity index (χ0n) is 13.3. The SMILES string of the molecule is O=S(=O)(C=Cc1ccccc1)Oc1ccc(Oc2ccccc2)cc1. The Kier molecular flexibility index (Phi) is 5.16. The second-order valence-corrected chi connectivity index (χ2v) is 6.60. The number of para-hydroxylation sites is 1. The summed E-state index contributed by atoms with van der Waals surface area (Å²) < 4.78 is 34.7. The smallest absolute Gasteiger partial charge is 0.332 e. The number of benzene rings is 3. The van der Waals surface area contributed by atoms with Crippen LogP contribution in [0.3, 0.4) is 0 Å². The zero-order chi connectivity index (χ0) is 17.5. The molecule has 0 radical (unpaired) electrons. The molecule has 5 heteroatoms. The molecule has 126 valence electrons. The van der Waals surface area contributed by atoms with Crippen molar-refractivity contribution in [2.75, 3.05) is 0 Å². The predicted molar refractivity (Wildman–Crippen MR) is 98.0 cm³/mol. The normalized spacial score (nSPS) is 11.4. The van der Waals surface area contributed by atoms with Crippen LogP contribution in [-0.2, 0) is 10.1 Å². The minimum atomic E-state index is -3.83. The maximum atomic E-state index is 12.0. The molecular formula is C20H16O4S. The molecule has 25 heavy (non-hydrogen) atoms. The highest BCUT2D eigenvalue weighted by atomic mass is 32.2. The lowest BCUT2D eigenvalue weighted by Gasteiger charge is -2.07. The van der Waals surface area contributed by atoms with Gasteiger partial charge in [-0.15, -0.1) is 0 Å². The van der Waals surface area contributed by atoms with Gasteiger partial charge in [0.2, 0.25) is 0 Å². The van der Waals surface area contributed by atoms with E-state index in [2.05, 4.69) is 0 Å². The zero-order valence-corrected chi connectivity index (χ0v) is 14.1.